The molecule has 0 bridgehead atoms. The van der Waals surface area contributed by atoms with Crippen molar-refractivity contribution in [2.45, 2.75) is 32.1 Å². The van der Waals surface area contributed by atoms with Gasteiger partial charge in [0.25, 0.3) is 0 Å². The van der Waals surface area contributed by atoms with Crippen molar-refractivity contribution in [2.75, 3.05) is 32.1 Å². The lowest BCUT2D eigenvalue weighted by molar-refractivity contribution is -0.137. The summed E-state index contributed by atoms with van der Waals surface area (Å²) in [5, 5.41) is 8.43. The fourth-order valence-corrected chi connectivity index (χ4v) is 2.19. The Morgan fingerprint density at radius 1 is 1.13 bits per heavy atom. The number of nitrogens with zero attached hydrogens (tertiary/aromatic N) is 1. The average molecular weight is 233 g/mol. The topological polar surface area (TPSA) is 40.5 Å². The van der Waals surface area contributed by atoms with Crippen LogP contribution in [0, 0.1) is 0 Å². The largest absolute Gasteiger partial charge is 0.481 e. The molecule has 0 aliphatic rings. The zero-order valence-corrected chi connectivity index (χ0v) is 10.7. The highest BCUT2D eigenvalue weighted by atomic mass is 32.2. The van der Waals surface area contributed by atoms with Gasteiger partial charge in [-0.15, -0.1) is 0 Å². The lowest BCUT2D eigenvalue weighted by Gasteiger charge is -2.08. The molecule has 0 aromatic carbocycles. The first-order chi connectivity index (χ1) is 7.13. The minimum Gasteiger partial charge on any atom is -0.481 e. The maximum atomic E-state index is 10.2. The Kier molecular flexibility index (Phi) is 10.2. The van der Waals surface area contributed by atoms with Crippen molar-refractivity contribution in [3.63, 3.8) is 0 Å². The van der Waals surface area contributed by atoms with Crippen molar-refractivity contribution in [2.24, 2.45) is 0 Å². The second-order valence-corrected chi connectivity index (χ2v) is 5.20. The Labute approximate surface area is 97.2 Å². The van der Waals surface area contributed by atoms with Crippen LogP contribution in [0.3, 0.4) is 0 Å². The Morgan fingerprint density at radius 3 is 2.40 bits per heavy atom. The van der Waals surface area contributed by atoms with Crippen LogP contribution in [0.5, 0.6) is 0 Å². The van der Waals surface area contributed by atoms with Crippen LogP contribution in [0.25, 0.3) is 0 Å². The molecule has 90 valence electrons. The first kappa shape index (κ1) is 14.8. The summed E-state index contributed by atoms with van der Waals surface area (Å²) in [5.74, 6) is 1.72. The normalized spacial score (nSPS) is 10.9. The fourth-order valence-electron chi connectivity index (χ4n) is 1.24. The van der Waals surface area contributed by atoms with Crippen LogP contribution < -0.4 is 0 Å². The van der Waals surface area contributed by atoms with Gasteiger partial charge in [0.1, 0.15) is 0 Å². The van der Waals surface area contributed by atoms with Crippen LogP contribution in [0.15, 0.2) is 0 Å². The first-order valence-corrected chi connectivity index (χ1v) is 6.72. The van der Waals surface area contributed by atoms with E-state index in [1.807, 2.05) is 11.8 Å². The number of hydrogen-bond acceptors (Lipinski definition) is 3. The maximum Gasteiger partial charge on any atom is 0.303 e. The molecule has 0 aliphatic heterocycles. The van der Waals surface area contributed by atoms with E-state index < -0.39 is 5.97 Å². The highest BCUT2D eigenvalue weighted by Crippen LogP contribution is 2.08. The van der Waals surface area contributed by atoms with E-state index in [9.17, 15) is 4.79 Å². The number of carboxylic acid groups (broad SMARTS) is 1. The van der Waals surface area contributed by atoms with Crippen molar-refractivity contribution in [3.05, 3.63) is 0 Å². The van der Waals surface area contributed by atoms with E-state index in [-0.39, 0.29) is 0 Å². The molecule has 15 heavy (non-hydrogen) atoms. The number of carbonyl (C=O) groups is 1. The van der Waals surface area contributed by atoms with Crippen LogP contribution in [0.2, 0.25) is 0 Å². The molecule has 0 aromatic heterocycles. The second kappa shape index (κ2) is 10.3. The highest BCUT2D eigenvalue weighted by molar-refractivity contribution is 7.99. The van der Waals surface area contributed by atoms with E-state index in [1.54, 1.807) is 0 Å². The second-order valence-electron chi connectivity index (χ2n) is 3.97. The molecule has 0 rings (SSSR count). The SMILES string of the molecule is CN(C)CCCSCCCCCC(=O)O. The molecule has 0 radical (unpaired) electrons. The Hall–Kier alpha value is -0.220. The van der Waals surface area contributed by atoms with E-state index in [1.165, 1.54) is 17.9 Å². The van der Waals surface area contributed by atoms with Crippen LogP contribution in [-0.2, 0) is 4.79 Å². The molecule has 4 heteroatoms. The first-order valence-electron chi connectivity index (χ1n) is 5.57. The van der Waals surface area contributed by atoms with Crippen molar-refractivity contribution >= 4 is 17.7 Å². The smallest absolute Gasteiger partial charge is 0.303 e. The van der Waals surface area contributed by atoms with Gasteiger partial charge in [-0.3, -0.25) is 4.79 Å². The third-order valence-electron chi connectivity index (χ3n) is 2.07. The molecule has 0 saturated heterocycles. The summed E-state index contributed by atoms with van der Waals surface area (Å²) in [6.07, 6.45) is 4.60. The van der Waals surface area contributed by atoms with E-state index in [4.69, 9.17) is 5.11 Å². The molecule has 1 N–H and O–H groups in total. The fraction of sp³-hybridized carbons (Fsp3) is 0.909. The van der Waals surface area contributed by atoms with Crippen molar-refractivity contribution < 1.29 is 9.90 Å². The van der Waals surface area contributed by atoms with Crippen LogP contribution in [0.1, 0.15) is 32.1 Å². The molecule has 0 unspecified atom stereocenters. The van der Waals surface area contributed by atoms with Gasteiger partial charge in [0.05, 0.1) is 0 Å². The molecule has 0 aromatic rings. The molecule has 0 aliphatic carbocycles. The van der Waals surface area contributed by atoms with E-state index in [2.05, 4.69) is 19.0 Å². The van der Waals surface area contributed by atoms with Gasteiger partial charge < -0.3 is 10.0 Å². The van der Waals surface area contributed by atoms with E-state index >= 15 is 0 Å². The number of hydrogen-bond donors (Lipinski definition) is 1. The molecule has 0 atom stereocenters. The van der Waals surface area contributed by atoms with Gasteiger partial charge in [-0.1, -0.05) is 6.42 Å². The summed E-state index contributed by atoms with van der Waals surface area (Å²) in [5.41, 5.74) is 0. The summed E-state index contributed by atoms with van der Waals surface area (Å²) in [6.45, 7) is 1.16. The lowest BCUT2D eigenvalue weighted by Crippen LogP contribution is -2.13. The van der Waals surface area contributed by atoms with Crippen molar-refractivity contribution in [1.82, 2.24) is 4.90 Å². The number of thioether (sulfide) groups is 1. The Bertz CT molecular complexity index is 163. The minimum atomic E-state index is -0.673. The van der Waals surface area contributed by atoms with Crippen LogP contribution in [-0.4, -0.2) is 48.1 Å². The summed E-state index contributed by atoms with van der Waals surface area (Å²) in [6, 6.07) is 0. The van der Waals surface area contributed by atoms with Gasteiger partial charge in [0.15, 0.2) is 0 Å². The standard InChI is InChI=1S/C11H23NO2S/c1-12(2)8-6-10-15-9-5-3-4-7-11(13)14/h3-10H2,1-2H3,(H,13,14). The molecule has 3 nitrogen and oxygen atoms in total. The monoisotopic (exact) mass is 233 g/mol. The maximum absolute atomic E-state index is 10.2. The third-order valence-corrected chi connectivity index (χ3v) is 3.23. The summed E-state index contributed by atoms with van der Waals surface area (Å²) in [7, 11) is 4.19. The van der Waals surface area contributed by atoms with Gasteiger partial charge in [-0.2, -0.15) is 11.8 Å². The molecule has 0 saturated carbocycles. The van der Waals surface area contributed by atoms with Crippen molar-refractivity contribution in [1.29, 1.82) is 0 Å². The Balaban J connectivity index is 2.96. The van der Waals surface area contributed by atoms with Gasteiger partial charge >= 0.3 is 5.97 Å². The van der Waals surface area contributed by atoms with Gasteiger partial charge in [-0.05, 0) is 51.4 Å². The van der Waals surface area contributed by atoms with E-state index in [0.717, 1.165) is 25.8 Å². The molecule has 0 amide bonds. The Morgan fingerprint density at radius 2 is 1.80 bits per heavy atom. The molecule has 0 heterocycles. The van der Waals surface area contributed by atoms with Crippen LogP contribution in [0.4, 0.5) is 0 Å². The summed E-state index contributed by atoms with van der Waals surface area (Å²) >= 11 is 1.98. The predicted octanol–water partition coefficient (Wildman–Crippen LogP) is 2.32. The number of unbranched alkanes of at least 4 members (excludes halogenated alkanes) is 2. The van der Waals surface area contributed by atoms with Gasteiger partial charge in [0.2, 0.25) is 0 Å². The van der Waals surface area contributed by atoms with Gasteiger partial charge in [0, 0.05) is 6.42 Å². The zero-order valence-electron chi connectivity index (χ0n) is 9.87. The summed E-state index contributed by atoms with van der Waals surface area (Å²) in [4.78, 5) is 12.4. The minimum absolute atomic E-state index is 0.325. The molecule has 0 fully saturated rings. The quantitative estimate of drug-likeness (QED) is 0.588. The number of aliphatic carboxylic acids is 1. The molecular formula is C11H23NO2S. The number of rotatable bonds is 10. The average Bonchev–Trinajstić information content (AvgIpc) is 2.14. The third kappa shape index (κ3) is 13.8. The number of carboxylic acids is 1. The van der Waals surface area contributed by atoms with Crippen LogP contribution >= 0.6 is 11.8 Å². The summed E-state index contributed by atoms with van der Waals surface area (Å²) < 4.78 is 0. The predicted molar refractivity (Wildman–Crippen MR) is 66.6 cm³/mol. The molecule has 0 spiro atoms. The van der Waals surface area contributed by atoms with E-state index in [0.29, 0.717) is 6.42 Å². The van der Waals surface area contributed by atoms with Gasteiger partial charge in [-0.25, -0.2) is 0 Å². The highest BCUT2D eigenvalue weighted by Gasteiger charge is 1.96. The molecular weight excluding hydrogens is 210 g/mol. The zero-order chi connectivity index (χ0) is 11.5. The van der Waals surface area contributed by atoms with Crippen molar-refractivity contribution in [3.8, 4) is 0 Å². The lowest BCUT2D eigenvalue weighted by atomic mass is 10.2.